The molecule has 1 N–H and O–H groups in total. The van der Waals surface area contributed by atoms with Crippen molar-refractivity contribution >= 4 is 33.8 Å². The fraction of sp³-hybridized carbons (Fsp3) is 0.368. The Labute approximate surface area is 165 Å². The molecule has 28 heavy (non-hydrogen) atoms. The van der Waals surface area contributed by atoms with E-state index in [1.807, 2.05) is 13.8 Å². The summed E-state index contributed by atoms with van der Waals surface area (Å²) >= 11 is 1.26. The molecule has 0 fully saturated rings. The van der Waals surface area contributed by atoms with E-state index in [9.17, 15) is 9.59 Å². The van der Waals surface area contributed by atoms with Gasteiger partial charge in [0, 0.05) is 24.2 Å². The van der Waals surface area contributed by atoms with E-state index >= 15 is 0 Å². The lowest BCUT2D eigenvalue weighted by Crippen LogP contribution is -2.14. The number of carbonyl (C=O) groups is 2. The van der Waals surface area contributed by atoms with Crippen LogP contribution in [0.25, 0.3) is 5.65 Å². The molecule has 9 heteroatoms. The molecule has 0 radical (unpaired) electrons. The minimum atomic E-state index is -0.157. The number of aromatic nitrogens is 4. The van der Waals surface area contributed by atoms with Crippen LogP contribution in [0.1, 0.15) is 57.1 Å². The number of nitriles is 1. The molecule has 3 aromatic heterocycles. The predicted octanol–water partition coefficient (Wildman–Crippen LogP) is 2.76. The number of Topliss-reactive ketones (excluding diaryl/α,β-unsaturated/α-hetero) is 1. The Bertz CT molecular complexity index is 1150. The monoisotopic (exact) mass is 394 g/mol. The summed E-state index contributed by atoms with van der Waals surface area (Å²) < 4.78 is 1.64. The van der Waals surface area contributed by atoms with E-state index in [4.69, 9.17) is 5.26 Å². The summed E-state index contributed by atoms with van der Waals surface area (Å²) in [5.41, 5.74) is 4.34. The van der Waals surface area contributed by atoms with Gasteiger partial charge in [-0.25, -0.2) is 14.5 Å². The Kier molecular flexibility index (Phi) is 4.65. The topological polar surface area (TPSA) is 113 Å². The lowest BCUT2D eigenvalue weighted by molar-refractivity contribution is -0.116. The highest BCUT2D eigenvalue weighted by Gasteiger charge is 2.23. The van der Waals surface area contributed by atoms with Gasteiger partial charge in [-0.05, 0) is 38.7 Å². The first-order valence-corrected chi connectivity index (χ1v) is 9.86. The van der Waals surface area contributed by atoms with Crippen LogP contribution in [0.15, 0.2) is 6.20 Å². The van der Waals surface area contributed by atoms with Crippen LogP contribution < -0.4 is 5.32 Å². The minimum Gasteiger partial charge on any atom is -0.302 e. The maximum atomic E-state index is 12.4. The molecular formula is C19H18N6O2S. The zero-order chi connectivity index (χ0) is 19.8. The molecule has 0 saturated heterocycles. The highest BCUT2D eigenvalue weighted by Crippen LogP contribution is 2.29. The van der Waals surface area contributed by atoms with Crippen LogP contribution in [0.5, 0.6) is 0 Å². The first-order chi connectivity index (χ1) is 13.5. The number of anilines is 1. The van der Waals surface area contributed by atoms with Crippen LogP contribution in [0, 0.1) is 25.2 Å². The van der Waals surface area contributed by atoms with E-state index in [0.717, 1.165) is 35.5 Å². The van der Waals surface area contributed by atoms with Crippen molar-refractivity contribution in [1.29, 1.82) is 5.26 Å². The standard InChI is InChI=1S/C19H18N6O2S/c1-10-13(11(2)25-18(22-10)12(8-20)9-21-25)6-7-16(27)24-19-23-14-4-3-5-15(26)17(14)28-19/h9H,3-7H2,1-2H3,(H,23,24,27). The van der Waals surface area contributed by atoms with E-state index in [1.165, 1.54) is 17.5 Å². The lowest BCUT2D eigenvalue weighted by atomic mass is 10.0. The summed E-state index contributed by atoms with van der Waals surface area (Å²) in [5.74, 6) is -0.0449. The van der Waals surface area contributed by atoms with Gasteiger partial charge in [-0.2, -0.15) is 10.4 Å². The second kappa shape index (κ2) is 7.13. The molecule has 8 nitrogen and oxygen atoms in total. The predicted molar refractivity (Wildman–Crippen MR) is 104 cm³/mol. The molecule has 1 aliphatic rings. The fourth-order valence-corrected chi connectivity index (χ4v) is 4.49. The van der Waals surface area contributed by atoms with Gasteiger partial charge in [-0.1, -0.05) is 11.3 Å². The summed E-state index contributed by atoms with van der Waals surface area (Å²) in [6, 6.07) is 2.09. The van der Waals surface area contributed by atoms with Crippen molar-refractivity contribution in [2.75, 3.05) is 5.32 Å². The molecule has 0 saturated carbocycles. The zero-order valence-corrected chi connectivity index (χ0v) is 16.4. The number of hydrogen-bond donors (Lipinski definition) is 1. The molecule has 0 spiro atoms. The van der Waals surface area contributed by atoms with Gasteiger partial charge in [0.15, 0.2) is 16.6 Å². The number of carbonyl (C=O) groups excluding carboxylic acids is 2. The summed E-state index contributed by atoms with van der Waals surface area (Å²) in [5, 5.41) is 16.7. The van der Waals surface area contributed by atoms with Crippen molar-refractivity contribution in [2.24, 2.45) is 0 Å². The lowest BCUT2D eigenvalue weighted by Gasteiger charge is -2.10. The first kappa shape index (κ1) is 18.3. The number of aryl methyl sites for hydroxylation is 3. The molecule has 0 bridgehead atoms. The van der Waals surface area contributed by atoms with Crippen LogP contribution in [0.2, 0.25) is 0 Å². The molecule has 142 valence electrons. The Morgan fingerprint density at radius 3 is 2.93 bits per heavy atom. The molecule has 4 rings (SSSR count). The highest BCUT2D eigenvalue weighted by atomic mass is 32.1. The summed E-state index contributed by atoms with van der Waals surface area (Å²) in [7, 11) is 0. The van der Waals surface area contributed by atoms with Crippen LogP contribution in [-0.4, -0.2) is 31.3 Å². The third-order valence-corrected chi connectivity index (χ3v) is 6.00. The Morgan fingerprint density at radius 1 is 1.36 bits per heavy atom. The average molecular weight is 394 g/mol. The van der Waals surface area contributed by atoms with Crippen molar-refractivity contribution in [2.45, 2.75) is 46.0 Å². The van der Waals surface area contributed by atoms with Crippen LogP contribution in [0.4, 0.5) is 5.13 Å². The third-order valence-electron chi connectivity index (χ3n) is 4.95. The number of nitrogens with zero attached hydrogens (tertiary/aromatic N) is 5. The van der Waals surface area contributed by atoms with Crippen molar-refractivity contribution in [3.63, 3.8) is 0 Å². The maximum absolute atomic E-state index is 12.4. The summed E-state index contributed by atoms with van der Waals surface area (Å²) in [4.78, 5) is 33.9. The van der Waals surface area contributed by atoms with Crippen molar-refractivity contribution < 1.29 is 9.59 Å². The fourth-order valence-electron chi connectivity index (χ4n) is 3.49. The van der Waals surface area contributed by atoms with Gasteiger partial charge >= 0.3 is 0 Å². The average Bonchev–Trinajstić information content (AvgIpc) is 3.25. The Morgan fingerprint density at radius 2 is 2.18 bits per heavy atom. The van der Waals surface area contributed by atoms with Gasteiger partial charge in [-0.3, -0.25) is 9.59 Å². The van der Waals surface area contributed by atoms with Crippen LogP contribution in [0.3, 0.4) is 0 Å². The SMILES string of the molecule is Cc1nc2c(C#N)cnn2c(C)c1CCC(=O)Nc1nc2c(s1)C(=O)CCC2. The largest absolute Gasteiger partial charge is 0.302 e. The Hall–Kier alpha value is -3.12. The number of fused-ring (bicyclic) bond motifs is 2. The molecule has 3 aromatic rings. The quantitative estimate of drug-likeness (QED) is 0.728. The van der Waals surface area contributed by atoms with Crippen molar-refractivity contribution in [3.8, 4) is 6.07 Å². The van der Waals surface area contributed by atoms with Gasteiger partial charge < -0.3 is 5.32 Å². The highest BCUT2D eigenvalue weighted by molar-refractivity contribution is 7.17. The molecule has 0 unspecified atom stereocenters. The normalized spacial score (nSPS) is 13.4. The van der Waals surface area contributed by atoms with Gasteiger partial charge in [0.1, 0.15) is 11.6 Å². The van der Waals surface area contributed by atoms with Crippen molar-refractivity contribution in [3.05, 3.63) is 39.3 Å². The van der Waals surface area contributed by atoms with Crippen LogP contribution >= 0.6 is 11.3 Å². The molecule has 3 heterocycles. The van der Waals surface area contributed by atoms with E-state index in [0.29, 0.717) is 34.1 Å². The second-order valence-electron chi connectivity index (χ2n) is 6.79. The molecular weight excluding hydrogens is 376 g/mol. The van der Waals surface area contributed by atoms with Crippen LogP contribution in [-0.2, 0) is 17.6 Å². The van der Waals surface area contributed by atoms with Crippen molar-refractivity contribution in [1.82, 2.24) is 19.6 Å². The van der Waals surface area contributed by atoms with Gasteiger partial charge in [0.25, 0.3) is 0 Å². The van der Waals surface area contributed by atoms with E-state index < -0.39 is 0 Å². The summed E-state index contributed by atoms with van der Waals surface area (Å²) in [6.07, 6.45) is 4.41. The zero-order valence-electron chi connectivity index (χ0n) is 15.6. The maximum Gasteiger partial charge on any atom is 0.226 e. The molecule has 0 aromatic carbocycles. The molecule has 0 atom stereocenters. The third kappa shape index (κ3) is 3.16. The minimum absolute atomic E-state index is 0.112. The summed E-state index contributed by atoms with van der Waals surface area (Å²) in [6.45, 7) is 3.78. The van der Waals surface area contributed by atoms with E-state index in [-0.39, 0.29) is 18.1 Å². The smallest absolute Gasteiger partial charge is 0.226 e. The number of hydrogen-bond acceptors (Lipinski definition) is 7. The number of ketones is 1. The Balaban J connectivity index is 1.48. The number of rotatable bonds is 4. The number of amides is 1. The molecule has 1 amide bonds. The second-order valence-corrected chi connectivity index (χ2v) is 7.79. The number of thiazole rings is 1. The van der Waals surface area contributed by atoms with Gasteiger partial charge in [-0.15, -0.1) is 0 Å². The number of nitrogens with one attached hydrogen (secondary N) is 1. The molecule has 1 aliphatic carbocycles. The van der Waals surface area contributed by atoms with Gasteiger partial charge in [0.2, 0.25) is 5.91 Å². The van der Waals surface area contributed by atoms with E-state index in [1.54, 1.807) is 4.52 Å². The molecule has 0 aliphatic heterocycles. The van der Waals surface area contributed by atoms with Gasteiger partial charge in [0.05, 0.1) is 16.8 Å². The first-order valence-electron chi connectivity index (χ1n) is 9.04. The van der Waals surface area contributed by atoms with E-state index in [2.05, 4.69) is 26.5 Å².